The van der Waals surface area contributed by atoms with Gasteiger partial charge in [-0.05, 0) is 47.6 Å². The van der Waals surface area contributed by atoms with Crippen LogP contribution in [0.2, 0.25) is 0 Å². The Morgan fingerprint density at radius 3 is 3.05 bits per heavy atom. The van der Waals surface area contributed by atoms with E-state index in [4.69, 9.17) is 4.74 Å². The Morgan fingerprint density at radius 2 is 2.32 bits per heavy atom. The molecule has 1 amide bonds. The van der Waals surface area contributed by atoms with Gasteiger partial charge in [-0.3, -0.25) is 4.79 Å². The molecular weight excluding hydrogens is 260 g/mol. The number of ether oxygens (including phenoxy) is 1. The van der Waals surface area contributed by atoms with Gasteiger partial charge in [0.05, 0.1) is 7.11 Å². The molecule has 98 valence electrons. The number of aromatic nitrogens is 1. The zero-order valence-electron chi connectivity index (χ0n) is 10.6. The van der Waals surface area contributed by atoms with Gasteiger partial charge in [0.25, 0.3) is 5.91 Å². The molecule has 0 unspecified atom stereocenters. The topological polar surface area (TPSA) is 51.2 Å². The van der Waals surface area contributed by atoms with Crippen LogP contribution in [0, 0.1) is 0 Å². The fraction of sp³-hybridized carbons (Fsp3) is 0.286. The van der Waals surface area contributed by atoms with Crippen LogP contribution in [0.4, 0.5) is 0 Å². The molecule has 0 saturated heterocycles. The van der Waals surface area contributed by atoms with Crippen molar-refractivity contribution >= 4 is 17.4 Å². The Hall–Kier alpha value is -1.88. The Balaban J connectivity index is 1.72. The first kappa shape index (κ1) is 12.2. The summed E-state index contributed by atoms with van der Waals surface area (Å²) in [6.45, 7) is 0. The van der Waals surface area contributed by atoms with Crippen LogP contribution in [0.5, 0.6) is 5.75 Å². The van der Waals surface area contributed by atoms with E-state index in [9.17, 15) is 4.79 Å². The van der Waals surface area contributed by atoms with Crippen molar-refractivity contribution in [3.63, 3.8) is 0 Å². The van der Waals surface area contributed by atoms with Crippen molar-refractivity contribution in [3.05, 3.63) is 46.5 Å². The van der Waals surface area contributed by atoms with Crippen molar-refractivity contribution in [2.75, 3.05) is 7.11 Å². The molecule has 19 heavy (non-hydrogen) atoms. The fourth-order valence-electron chi connectivity index (χ4n) is 2.50. The van der Waals surface area contributed by atoms with E-state index in [0.29, 0.717) is 5.69 Å². The third kappa shape index (κ3) is 2.33. The lowest BCUT2D eigenvalue weighted by molar-refractivity contribution is 0.0934. The molecule has 1 aliphatic rings. The van der Waals surface area contributed by atoms with Gasteiger partial charge in [-0.2, -0.15) is 4.37 Å². The molecular formula is C14H14N2O2S. The highest BCUT2D eigenvalue weighted by Gasteiger charge is 2.26. The zero-order chi connectivity index (χ0) is 13.2. The van der Waals surface area contributed by atoms with E-state index in [1.165, 1.54) is 22.7 Å². The Kier molecular flexibility index (Phi) is 3.21. The number of fused-ring (bicyclic) bond motifs is 1. The minimum absolute atomic E-state index is 0.0991. The predicted octanol–water partition coefficient (Wildman–Crippen LogP) is 2.05. The molecule has 1 aliphatic carbocycles. The number of nitrogens with one attached hydrogen (secondary N) is 1. The molecule has 2 aromatic rings. The second-order valence-electron chi connectivity index (χ2n) is 4.56. The number of amides is 1. The van der Waals surface area contributed by atoms with E-state index in [2.05, 4.69) is 15.8 Å². The van der Waals surface area contributed by atoms with E-state index < -0.39 is 0 Å². The number of carbonyl (C=O) groups is 1. The van der Waals surface area contributed by atoms with E-state index in [1.54, 1.807) is 18.6 Å². The fourth-order valence-corrected chi connectivity index (χ4v) is 3.01. The predicted molar refractivity (Wildman–Crippen MR) is 73.8 cm³/mol. The molecule has 1 N–H and O–H groups in total. The summed E-state index contributed by atoms with van der Waals surface area (Å²) < 4.78 is 9.41. The number of hydrogen-bond donors (Lipinski definition) is 1. The molecule has 5 heteroatoms. The van der Waals surface area contributed by atoms with Crippen molar-refractivity contribution in [1.82, 2.24) is 9.69 Å². The summed E-state index contributed by atoms with van der Waals surface area (Å²) in [5, 5.41) is 4.84. The molecule has 0 bridgehead atoms. The minimum atomic E-state index is -0.0991. The molecule has 0 radical (unpaired) electrons. The van der Waals surface area contributed by atoms with E-state index in [1.807, 2.05) is 12.1 Å². The van der Waals surface area contributed by atoms with Gasteiger partial charge in [-0.1, -0.05) is 12.1 Å². The molecule has 0 saturated carbocycles. The van der Waals surface area contributed by atoms with Crippen LogP contribution in [0.1, 0.15) is 21.6 Å². The second-order valence-corrected chi connectivity index (χ2v) is 5.23. The van der Waals surface area contributed by atoms with Crippen LogP contribution in [0.3, 0.4) is 0 Å². The van der Waals surface area contributed by atoms with Crippen LogP contribution < -0.4 is 10.1 Å². The Labute approximate surface area is 115 Å². The maximum Gasteiger partial charge on any atom is 0.271 e. The lowest BCUT2D eigenvalue weighted by Gasteiger charge is -2.10. The van der Waals surface area contributed by atoms with Crippen molar-refractivity contribution in [2.45, 2.75) is 18.9 Å². The summed E-state index contributed by atoms with van der Waals surface area (Å²) in [5.41, 5.74) is 2.95. The first-order chi connectivity index (χ1) is 9.28. The van der Waals surface area contributed by atoms with Crippen molar-refractivity contribution in [2.24, 2.45) is 0 Å². The second kappa shape index (κ2) is 5.01. The van der Waals surface area contributed by atoms with Gasteiger partial charge in [0.15, 0.2) is 0 Å². The van der Waals surface area contributed by atoms with Gasteiger partial charge < -0.3 is 10.1 Å². The lowest BCUT2D eigenvalue weighted by Crippen LogP contribution is -2.35. The number of rotatable bonds is 3. The maximum atomic E-state index is 12.0. The summed E-state index contributed by atoms with van der Waals surface area (Å²) in [4.78, 5) is 12.0. The van der Waals surface area contributed by atoms with E-state index in [-0.39, 0.29) is 11.9 Å². The average molecular weight is 274 g/mol. The normalized spacial score (nSPS) is 17.0. The summed E-state index contributed by atoms with van der Waals surface area (Å²) in [6, 6.07) is 7.90. The molecule has 0 fully saturated rings. The van der Waals surface area contributed by atoms with Crippen LogP contribution in [-0.2, 0) is 12.8 Å². The largest absolute Gasteiger partial charge is 0.496 e. The van der Waals surface area contributed by atoms with Gasteiger partial charge >= 0.3 is 0 Å². The van der Waals surface area contributed by atoms with E-state index >= 15 is 0 Å². The van der Waals surface area contributed by atoms with Crippen LogP contribution in [0.15, 0.2) is 29.6 Å². The van der Waals surface area contributed by atoms with E-state index in [0.717, 1.165) is 18.6 Å². The standard InChI is InChI=1S/C14H14N2O2S/c1-18-13-4-2-3-9-7-10(8-11(9)13)15-14(17)12-5-6-19-16-12/h2-6,10H,7-8H2,1H3,(H,15,17)/t10-/m1/s1. The number of carbonyl (C=O) groups excluding carboxylic acids is 1. The van der Waals surface area contributed by atoms with Crippen LogP contribution >= 0.6 is 11.5 Å². The van der Waals surface area contributed by atoms with Gasteiger partial charge in [0, 0.05) is 11.4 Å². The summed E-state index contributed by atoms with van der Waals surface area (Å²) in [6.07, 6.45) is 1.66. The highest BCUT2D eigenvalue weighted by Crippen LogP contribution is 2.30. The highest BCUT2D eigenvalue weighted by molar-refractivity contribution is 7.03. The van der Waals surface area contributed by atoms with Crippen molar-refractivity contribution in [3.8, 4) is 5.75 Å². The van der Waals surface area contributed by atoms with Gasteiger partial charge in [-0.25, -0.2) is 0 Å². The molecule has 0 aliphatic heterocycles. The lowest BCUT2D eigenvalue weighted by atomic mass is 10.1. The van der Waals surface area contributed by atoms with Gasteiger partial charge in [0.2, 0.25) is 0 Å². The van der Waals surface area contributed by atoms with Crippen LogP contribution in [0.25, 0.3) is 0 Å². The third-order valence-electron chi connectivity index (χ3n) is 3.37. The smallest absolute Gasteiger partial charge is 0.271 e. The zero-order valence-corrected chi connectivity index (χ0v) is 11.4. The SMILES string of the molecule is COc1cccc2c1C[C@H](NC(=O)c1ccsn1)C2. The first-order valence-corrected chi connectivity index (χ1v) is 6.97. The minimum Gasteiger partial charge on any atom is -0.496 e. The van der Waals surface area contributed by atoms with Gasteiger partial charge in [-0.15, -0.1) is 0 Å². The molecule has 1 atom stereocenters. The summed E-state index contributed by atoms with van der Waals surface area (Å²) in [7, 11) is 1.68. The molecule has 1 aromatic carbocycles. The molecule has 0 spiro atoms. The number of nitrogens with zero attached hydrogens (tertiary/aromatic N) is 1. The summed E-state index contributed by atoms with van der Waals surface area (Å²) >= 11 is 1.29. The Bertz CT molecular complexity index is 595. The number of hydrogen-bond acceptors (Lipinski definition) is 4. The Morgan fingerprint density at radius 1 is 1.42 bits per heavy atom. The van der Waals surface area contributed by atoms with Crippen molar-refractivity contribution < 1.29 is 9.53 Å². The van der Waals surface area contributed by atoms with Crippen LogP contribution in [-0.4, -0.2) is 23.4 Å². The maximum absolute atomic E-state index is 12.0. The molecule has 1 aromatic heterocycles. The van der Waals surface area contributed by atoms with Gasteiger partial charge in [0.1, 0.15) is 11.4 Å². The number of benzene rings is 1. The number of methoxy groups -OCH3 is 1. The van der Waals surface area contributed by atoms with Crippen molar-refractivity contribution in [1.29, 1.82) is 0 Å². The third-order valence-corrected chi connectivity index (χ3v) is 3.93. The monoisotopic (exact) mass is 274 g/mol. The highest BCUT2D eigenvalue weighted by atomic mass is 32.1. The first-order valence-electron chi connectivity index (χ1n) is 6.14. The average Bonchev–Trinajstić information content (AvgIpc) is 3.06. The molecule has 3 rings (SSSR count). The molecule has 1 heterocycles. The summed E-state index contributed by atoms with van der Waals surface area (Å²) in [5.74, 6) is 0.806. The quantitative estimate of drug-likeness (QED) is 0.932. The molecule has 4 nitrogen and oxygen atoms in total.